The molecule has 0 spiro atoms. The van der Waals surface area contributed by atoms with Crippen molar-refractivity contribution in [3.05, 3.63) is 42.0 Å². The second-order valence-corrected chi connectivity index (χ2v) is 17.2. The maximum atomic E-state index is 13.8. The maximum absolute atomic E-state index is 13.8. The number of rotatable bonds is 19. The van der Waals surface area contributed by atoms with E-state index in [-0.39, 0.29) is 45.5 Å². The molecule has 0 aliphatic rings. The van der Waals surface area contributed by atoms with E-state index in [1.165, 1.54) is 36.8 Å². The van der Waals surface area contributed by atoms with Crippen molar-refractivity contribution in [2.45, 2.75) is 117 Å². The van der Waals surface area contributed by atoms with Crippen molar-refractivity contribution < 1.29 is 45.4 Å². The Morgan fingerprint density at radius 3 is 2.02 bits per heavy atom. The maximum Gasteiger partial charge on any atom is 0.338 e. The summed E-state index contributed by atoms with van der Waals surface area (Å²) in [7, 11) is -7.67. The first-order chi connectivity index (χ1) is 22.7. The van der Waals surface area contributed by atoms with E-state index in [1.807, 2.05) is 6.92 Å². The number of Topliss-reactive ketones (excluding diaryl/α,β-unsaturated/α-hetero) is 1. The van der Waals surface area contributed by atoms with Crippen molar-refractivity contribution in [3.63, 3.8) is 0 Å². The molecular formula is C35H52N2O10S2. The van der Waals surface area contributed by atoms with Crippen LogP contribution in [0.1, 0.15) is 104 Å². The number of amides is 1. The first kappa shape index (κ1) is 41.5. The van der Waals surface area contributed by atoms with Gasteiger partial charge in [-0.25, -0.2) is 21.6 Å². The van der Waals surface area contributed by atoms with Crippen molar-refractivity contribution in [1.82, 2.24) is 0 Å². The molecule has 0 aliphatic heterocycles. The van der Waals surface area contributed by atoms with Gasteiger partial charge in [0, 0.05) is 11.7 Å². The summed E-state index contributed by atoms with van der Waals surface area (Å²) in [5.41, 5.74) is -0.993. The van der Waals surface area contributed by atoms with Gasteiger partial charge in [0.05, 0.1) is 34.2 Å². The topological polar surface area (TPSA) is 171 Å². The molecule has 2 rings (SSSR count). The smallest absolute Gasteiger partial charge is 0.338 e. The normalized spacial score (nSPS) is 13.3. The Hall–Kier alpha value is -3.65. The molecule has 0 radical (unpaired) electrons. The van der Waals surface area contributed by atoms with E-state index in [2.05, 4.69) is 17.0 Å². The molecule has 0 aromatic heterocycles. The third-order valence-corrected chi connectivity index (χ3v) is 9.03. The summed E-state index contributed by atoms with van der Waals surface area (Å²) in [4.78, 5) is 40.3. The molecule has 1 amide bonds. The largest absolute Gasteiger partial charge is 0.489 e. The van der Waals surface area contributed by atoms with Crippen LogP contribution >= 0.6 is 0 Å². The number of anilines is 2. The Bertz CT molecular complexity index is 1680. The van der Waals surface area contributed by atoms with Gasteiger partial charge in [-0.3, -0.25) is 14.3 Å². The molecule has 0 saturated heterocycles. The Morgan fingerprint density at radius 1 is 0.816 bits per heavy atom. The Morgan fingerprint density at radius 2 is 1.47 bits per heavy atom. The number of nitrogens with one attached hydrogen (secondary N) is 2. The van der Waals surface area contributed by atoms with E-state index in [4.69, 9.17) is 14.2 Å². The number of hydrogen-bond acceptors (Lipinski definition) is 10. The minimum Gasteiger partial charge on any atom is -0.489 e. The van der Waals surface area contributed by atoms with E-state index in [9.17, 15) is 31.2 Å². The summed E-state index contributed by atoms with van der Waals surface area (Å²) in [6.07, 6.45) is 6.36. The van der Waals surface area contributed by atoms with Crippen molar-refractivity contribution in [3.8, 4) is 11.5 Å². The lowest BCUT2D eigenvalue weighted by atomic mass is 9.87. The molecule has 49 heavy (non-hydrogen) atoms. The summed E-state index contributed by atoms with van der Waals surface area (Å²) >= 11 is 0. The summed E-state index contributed by atoms with van der Waals surface area (Å²) < 4.78 is 68.4. The highest BCUT2D eigenvalue weighted by molar-refractivity contribution is 7.92. The number of sulfonamides is 1. The number of ether oxygens (including phenoxy) is 3. The highest BCUT2D eigenvalue weighted by Crippen LogP contribution is 2.33. The average Bonchev–Trinajstić information content (AvgIpc) is 2.98. The van der Waals surface area contributed by atoms with Gasteiger partial charge in [-0.2, -0.15) is 0 Å². The van der Waals surface area contributed by atoms with Crippen LogP contribution in [0.25, 0.3) is 0 Å². The molecule has 0 saturated carbocycles. The molecule has 2 atom stereocenters. The van der Waals surface area contributed by atoms with Crippen LogP contribution in [0.2, 0.25) is 0 Å². The van der Waals surface area contributed by atoms with Gasteiger partial charge in [0.15, 0.2) is 15.6 Å². The molecule has 0 heterocycles. The zero-order chi connectivity index (χ0) is 37.2. The van der Waals surface area contributed by atoms with Crippen LogP contribution in [0.3, 0.4) is 0 Å². The van der Waals surface area contributed by atoms with Crippen molar-refractivity contribution in [1.29, 1.82) is 0 Å². The van der Waals surface area contributed by atoms with Gasteiger partial charge < -0.3 is 19.5 Å². The second kappa shape index (κ2) is 17.8. The monoisotopic (exact) mass is 724 g/mol. The number of sulfone groups is 1. The van der Waals surface area contributed by atoms with Crippen molar-refractivity contribution >= 4 is 48.9 Å². The lowest BCUT2D eigenvalue weighted by Crippen LogP contribution is -2.45. The predicted molar refractivity (Wildman–Crippen MR) is 191 cm³/mol. The van der Waals surface area contributed by atoms with E-state index in [0.717, 1.165) is 50.7 Å². The minimum atomic E-state index is -3.93. The summed E-state index contributed by atoms with van der Waals surface area (Å²) in [5, 5.41) is 2.66. The molecular weight excluding hydrogens is 673 g/mol. The molecule has 14 heteroatoms. The number of esters is 1. The fraction of sp³-hybridized carbons (Fsp3) is 0.571. The molecule has 2 aromatic carbocycles. The molecule has 0 aliphatic carbocycles. The first-order valence-corrected chi connectivity index (χ1v) is 20.3. The third kappa shape index (κ3) is 13.6. The van der Waals surface area contributed by atoms with Gasteiger partial charge in [0.1, 0.15) is 17.6 Å². The molecule has 2 N–H and O–H groups in total. The number of carbonyl (C=O) groups excluding carboxylic acids is 3. The lowest BCUT2D eigenvalue weighted by molar-refractivity contribution is -0.140. The van der Waals surface area contributed by atoms with Crippen LogP contribution in [0, 0.1) is 5.41 Å². The van der Waals surface area contributed by atoms with Gasteiger partial charge in [-0.15, -0.1) is 0 Å². The van der Waals surface area contributed by atoms with E-state index in [0.29, 0.717) is 6.42 Å². The fourth-order valence-electron chi connectivity index (χ4n) is 4.71. The Balaban J connectivity index is 2.44. The number of ketones is 1. The second-order valence-electron chi connectivity index (χ2n) is 13.4. The number of carbonyl (C=O) groups is 3. The Labute approximate surface area is 291 Å². The van der Waals surface area contributed by atoms with Crippen LogP contribution in [-0.2, 0) is 34.2 Å². The minimum absolute atomic E-state index is 0.149. The number of hydrogen-bond donors (Lipinski definition) is 2. The average molecular weight is 725 g/mol. The van der Waals surface area contributed by atoms with Crippen LogP contribution in [0.15, 0.2) is 41.3 Å². The molecule has 12 nitrogen and oxygen atoms in total. The summed E-state index contributed by atoms with van der Waals surface area (Å²) in [6, 6.07) is 7.81. The quantitative estimate of drug-likeness (QED) is 0.0920. The van der Waals surface area contributed by atoms with Crippen LogP contribution in [0.5, 0.6) is 11.5 Å². The van der Waals surface area contributed by atoms with Crippen LogP contribution < -0.4 is 19.5 Å². The van der Waals surface area contributed by atoms with Crippen LogP contribution in [-0.4, -0.2) is 65.3 Å². The fourth-order valence-corrected chi connectivity index (χ4v) is 5.92. The number of benzene rings is 2. The van der Waals surface area contributed by atoms with Crippen molar-refractivity contribution in [2.24, 2.45) is 5.41 Å². The van der Waals surface area contributed by atoms with Gasteiger partial charge in [0.25, 0.3) is 5.91 Å². The standard InChI is InChI=1S/C35H52N2O10S2/c1-10-12-13-14-15-16-25(11-2)46-34(40)24-17-19-27(30(21-24)45-23(3)4)36-33(39)31(32(38)35(5,6)7)47-29-20-18-26(48(8,41)42)22-28(29)37-49(9,43)44/h17-23,25,31,37H,10-16H2,1-9H3,(H,36,39). The lowest BCUT2D eigenvalue weighted by Gasteiger charge is -2.26. The molecule has 0 bridgehead atoms. The van der Waals surface area contributed by atoms with E-state index in [1.54, 1.807) is 34.6 Å². The molecule has 274 valence electrons. The van der Waals surface area contributed by atoms with Gasteiger partial charge >= 0.3 is 5.97 Å². The van der Waals surface area contributed by atoms with Crippen molar-refractivity contribution in [2.75, 3.05) is 22.6 Å². The first-order valence-electron chi connectivity index (χ1n) is 16.5. The van der Waals surface area contributed by atoms with E-state index >= 15 is 0 Å². The molecule has 0 fully saturated rings. The highest BCUT2D eigenvalue weighted by atomic mass is 32.2. The van der Waals surface area contributed by atoms with E-state index < -0.39 is 49.0 Å². The third-order valence-electron chi connectivity index (χ3n) is 7.33. The van der Waals surface area contributed by atoms with Gasteiger partial charge in [0.2, 0.25) is 16.1 Å². The predicted octanol–water partition coefficient (Wildman–Crippen LogP) is 6.55. The number of unbranched alkanes of at least 4 members (excludes halogenated alkanes) is 4. The van der Waals surface area contributed by atoms with Gasteiger partial charge in [-0.05, 0) is 69.5 Å². The summed E-state index contributed by atoms with van der Waals surface area (Å²) in [5.74, 6) is -2.17. The summed E-state index contributed by atoms with van der Waals surface area (Å²) in [6.45, 7) is 12.4. The Kier molecular flexibility index (Phi) is 15.1. The zero-order valence-corrected chi connectivity index (χ0v) is 31.7. The van der Waals surface area contributed by atoms with Gasteiger partial charge in [-0.1, -0.05) is 60.3 Å². The highest BCUT2D eigenvalue weighted by Gasteiger charge is 2.38. The van der Waals surface area contributed by atoms with Crippen LogP contribution in [0.4, 0.5) is 11.4 Å². The SMILES string of the molecule is CCCCCCCC(CC)OC(=O)c1ccc(NC(=O)C(Oc2ccc(S(C)(=O)=O)cc2NS(C)(=O)=O)C(=O)C(C)(C)C)c(OC(C)C)c1. The molecule has 2 unspecified atom stereocenters. The molecule has 2 aromatic rings. The zero-order valence-electron chi connectivity index (χ0n) is 30.0.